The monoisotopic (exact) mass is 387 g/mol. The molecule has 5 nitrogen and oxygen atoms in total. The van der Waals surface area contributed by atoms with E-state index in [2.05, 4.69) is 6.92 Å². The molecule has 2 heterocycles. The van der Waals surface area contributed by atoms with Gasteiger partial charge in [0.25, 0.3) is 5.91 Å². The zero-order valence-electron chi connectivity index (χ0n) is 16.5. The van der Waals surface area contributed by atoms with Gasteiger partial charge in [-0.25, -0.2) is 5.06 Å². The van der Waals surface area contributed by atoms with E-state index in [-0.39, 0.29) is 5.91 Å². The largest absolute Gasteiger partial charge is 0.381 e. The number of hydrogen-bond acceptors (Lipinski definition) is 5. The maximum Gasteiger partial charge on any atom is 0.255 e. The van der Waals surface area contributed by atoms with E-state index < -0.39 is 0 Å². The van der Waals surface area contributed by atoms with E-state index in [0.717, 1.165) is 25.4 Å². The van der Waals surface area contributed by atoms with Crippen LogP contribution < -0.4 is 0 Å². The van der Waals surface area contributed by atoms with Gasteiger partial charge >= 0.3 is 0 Å². The Bertz CT molecular complexity index is 407. The van der Waals surface area contributed by atoms with Crippen molar-refractivity contribution in [2.24, 2.45) is 11.8 Å². The van der Waals surface area contributed by atoms with Crippen LogP contribution in [0.4, 0.5) is 0 Å². The summed E-state index contributed by atoms with van der Waals surface area (Å²) in [5.41, 5.74) is 0. The Balaban J connectivity index is 1.58. The fourth-order valence-corrected chi connectivity index (χ4v) is 5.10. The van der Waals surface area contributed by atoms with E-state index in [1.54, 1.807) is 11.8 Å². The lowest BCUT2D eigenvalue weighted by molar-refractivity contribution is -0.155. The molecule has 6 heteroatoms. The van der Waals surface area contributed by atoms with Gasteiger partial charge in [0.2, 0.25) is 0 Å². The lowest BCUT2D eigenvalue weighted by atomic mass is 9.77. The fraction of sp³-hybridized carbons (Fsp3) is 0.950. The number of carbonyl (C=O) groups is 1. The Labute approximate surface area is 163 Å². The van der Waals surface area contributed by atoms with Gasteiger partial charge in [0, 0.05) is 19.6 Å². The fourth-order valence-electron chi connectivity index (χ4n) is 4.19. The van der Waals surface area contributed by atoms with Crippen LogP contribution in [-0.4, -0.2) is 60.2 Å². The molecule has 0 aromatic heterocycles. The van der Waals surface area contributed by atoms with Crippen LogP contribution in [0.15, 0.2) is 0 Å². The second kappa shape index (κ2) is 12.2. The van der Waals surface area contributed by atoms with Crippen LogP contribution in [-0.2, 0) is 14.3 Å². The van der Waals surface area contributed by atoms with Gasteiger partial charge in [-0.2, -0.15) is 11.8 Å². The number of thioether (sulfide) groups is 1. The Hall–Kier alpha value is -0.300. The molecule has 152 valence electrons. The lowest BCUT2D eigenvalue weighted by Crippen LogP contribution is -2.31. The van der Waals surface area contributed by atoms with Crippen molar-refractivity contribution >= 4 is 17.7 Å². The van der Waals surface area contributed by atoms with Crippen molar-refractivity contribution in [3.8, 4) is 0 Å². The van der Waals surface area contributed by atoms with E-state index in [9.17, 15) is 4.79 Å². The molecule has 4 atom stereocenters. The molecular weight excluding hydrogens is 350 g/mol. The van der Waals surface area contributed by atoms with E-state index in [4.69, 9.17) is 14.7 Å². The lowest BCUT2D eigenvalue weighted by Gasteiger charge is -2.28. The molecule has 0 aromatic rings. The Kier molecular flexibility index (Phi) is 10.3. The summed E-state index contributed by atoms with van der Waals surface area (Å²) < 4.78 is 12.2. The highest BCUT2D eigenvalue weighted by atomic mass is 32.2. The number of hydroxylamine groups is 2. The van der Waals surface area contributed by atoms with Gasteiger partial charge in [-0.1, -0.05) is 32.6 Å². The molecule has 2 aliphatic heterocycles. The van der Waals surface area contributed by atoms with Gasteiger partial charge in [0.05, 0.1) is 24.6 Å². The summed E-state index contributed by atoms with van der Waals surface area (Å²) in [5, 5.41) is 9.71. The van der Waals surface area contributed by atoms with Crippen LogP contribution in [0.3, 0.4) is 0 Å². The first-order valence-electron chi connectivity index (χ1n) is 10.4. The average molecular weight is 388 g/mol. The summed E-state index contributed by atoms with van der Waals surface area (Å²) in [6.07, 6.45) is 11.8. The topological polar surface area (TPSA) is 59.0 Å². The van der Waals surface area contributed by atoms with Crippen molar-refractivity contribution in [3.63, 3.8) is 0 Å². The first kappa shape index (κ1) is 22.0. The van der Waals surface area contributed by atoms with Crippen molar-refractivity contribution in [3.05, 3.63) is 0 Å². The minimum Gasteiger partial charge on any atom is -0.381 e. The van der Waals surface area contributed by atoms with E-state index in [0.29, 0.717) is 34.9 Å². The highest BCUT2D eigenvalue weighted by molar-refractivity contribution is 7.99. The van der Waals surface area contributed by atoms with Gasteiger partial charge in [0.15, 0.2) is 0 Å². The zero-order chi connectivity index (χ0) is 18.8. The number of hydrogen-bond donors (Lipinski definition) is 1. The zero-order valence-corrected chi connectivity index (χ0v) is 17.3. The van der Waals surface area contributed by atoms with E-state index >= 15 is 0 Å². The van der Waals surface area contributed by atoms with Crippen LogP contribution >= 0.6 is 11.8 Å². The van der Waals surface area contributed by atoms with E-state index in [1.165, 1.54) is 58.4 Å². The molecule has 1 N–H and O–H groups in total. The van der Waals surface area contributed by atoms with Gasteiger partial charge in [-0.05, 0) is 43.8 Å². The number of amides is 1. The number of rotatable bonds is 14. The molecular formula is C20H37NO4S. The average Bonchev–Trinajstić information content (AvgIpc) is 3.22. The minimum absolute atomic E-state index is 0.229. The van der Waals surface area contributed by atoms with Crippen LogP contribution in [0.5, 0.6) is 0 Å². The Morgan fingerprint density at radius 1 is 1.15 bits per heavy atom. The summed E-state index contributed by atoms with van der Waals surface area (Å²) in [5.74, 6) is 2.34. The molecule has 2 fully saturated rings. The molecule has 0 aliphatic carbocycles. The third-order valence-corrected chi connectivity index (χ3v) is 6.73. The predicted molar refractivity (Wildman–Crippen MR) is 106 cm³/mol. The molecule has 1 amide bonds. The van der Waals surface area contributed by atoms with Gasteiger partial charge in [-0.15, -0.1) is 0 Å². The summed E-state index contributed by atoms with van der Waals surface area (Å²) in [6, 6.07) is 0. The molecule has 0 radical (unpaired) electrons. The molecule has 0 spiro atoms. The number of ether oxygens (including phenoxy) is 2. The first-order chi connectivity index (χ1) is 12.6. The molecule has 26 heavy (non-hydrogen) atoms. The normalized spacial score (nSPS) is 27.2. The van der Waals surface area contributed by atoms with Crippen molar-refractivity contribution < 1.29 is 19.5 Å². The van der Waals surface area contributed by atoms with Crippen molar-refractivity contribution in [2.75, 3.05) is 31.8 Å². The molecule has 0 saturated carbocycles. The molecule has 2 saturated heterocycles. The van der Waals surface area contributed by atoms with Gasteiger partial charge < -0.3 is 9.47 Å². The standard InChI is InChI=1S/C20H37NO4S/c1-3-4-5-7-12-24-14-17-16(18-10-11-19(17)25-18)9-6-8-13-26-15-20(22)21(2)23/h16-19,23H,3-15H2,1-2H3/t16-,17+,18-,19+/m1/s1. The second-order valence-electron chi connectivity index (χ2n) is 7.72. The number of unbranched alkanes of at least 4 members (excludes halogenated alkanes) is 4. The second-order valence-corrected chi connectivity index (χ2v) is 8.82. The van der Waals surface area contributed by atoms with Gasteiger partial charge in [0.1, 0.15) is 0 Å². The van der Waals surface area contributed by atoms with E-state index in [1.807, 2.05) is 0 Å². The summed E-state index contributed by atoms with van der Waals surface area (Å²) >= 11 is 1.60. The maximum atomic E-state index is 11.3. The van der Waals surface area contributed by atoms with Crippen molar-refractivity contribution in [1.82, 2.24) is 5.06 Å². The minimum atomic E-state index is -0.229. The quantitative estimate of drug-likeness (QED) is 0.276. The third kappa shape index (κ3) is 7.02. The van der Waals surface area contributed by atoms with Crippen LogP contribution in [0, 0.1) is 11.8 Å². The predicted octanol–water partition coefficient (Wildman–Crippen LogP) is 4.13. The first-order valence-corrected chi connectivity index (χ1v) is 11.5. The number of carbonyl (C=O) groups excluding carboxylic acids is 1. The number of nitrogens with zero attached hydrogens (tertiary/aromatic N) is 1. The SMILES string of the molecule is CCCCCCOC[C@H]1[C@@H](CCCCSCC(=O)N(C)O)[C@H]2CC[C@@H]1O2. The van der Waals surface area contributed by atoms with Crippen molar-refractivity contribution in [2.45, 2.75) is 76.9 Å². The summed E-state index contributed by atoms with van der Waals surface area (Å²) in [7, 11) is 1.38. The highest BCUT2D eigenvalue weighted by Crippen LogP contribution is 2.45. The molecule has 0 aromatic carbocycles. The maximum absolute atomic E-state index is 11.3. The molecule has 2 bridgehead atoms. The van der Waals surface area contributed by atoms with Crippen LogP contribution in [0.2, 0.25) is 0 Å². The molecule has 0 unspecified atom stereocenters. The highest BCUT2D eigenvalue weighted by Gasteiger charge is 2.48. The molecule has 2 rings (SSSR count). The smallest absolute Gasteiger partial charge is 0.255 e. The Morgan fingerprint density at radius 3 is 2.65 bits per heavy atom. The summed E-state index contributed by atoms with van der Waals surface area (Å²) in [4.78, 5) is 11.3. The van der Waals surface area contributed by atoms with Crippen LogP contribution in [0.1, 0.15) is 64.7 Å². The third-order valence-electron chi connectivity index (χ3n) is 5.71. The summed E-state index contributed by atoms with van der Waals surface area (Å²) in [6.45, 7) is 3.99. The van der Waals surface area contributed by atoms with Crippen LogP contribution in [0.25, 0.3) is 0 Å². The van der Waals surface area contributed by atoms with Gasteiger partial charge in [-0.3, -0.25) is 10.0 Å². The molecule has 2 aliphatic rings. The number of fused-ring (bicyclic) bond motifs is 2. The van der Waals surface area contributed by atoms with Crippen molar-refractivity contribution in [1.29, 1.82) is 0 Å². The Morgan fingerprint density at radius 2 is 1.92 bits per heavy atom.